The first-order chi connectivity index (χ1) is 13.9. The van der Waals surface area contributed by atoms with Crippen molar-refractivity contribution < 1.29 is 9.18 Å². The van der Waals surface area contributed by atoms with E-state index in [2.05, 4.69) is 41.7 Å². The summed E-state index contributed by atoms with van der Waals surface area (Å²) in [4.78, 5) is 15.6. The summed E-state index contributed by atoms with van der Waals surface area (Å²) in [7, 11) is 0. The van der Waals surface area contributed by atoms with Gasteiger partial charge in [0.05, 0.1) is 8.66 Å². The Balaban J connectivity index is 0.000000941. The highest BCUT2D eigenvalue weighted by Crippen LogP contribution is 2.47. The molecular weight excluding hydrogens is 451 g/mol. The number of amides is 1. The number of nitrogens with one attached hydrogen (secondary N) is 1. The number of hydrogen-bond donors (Lipinski definition) is 1. The van der Waals surface area contributed by atoms with E-state index >= 15 is 0 Å². The summed E-state index contributed by atoms with van der Waals surface area (Å²) in [5.74, 6) is -0.239. The number of fused-ring (bicyclic) bond motifs is 1. The van der Waals surface area contributed by atoms with Crippen molar-refractivity contribution in [2.75, 3.05) is 24.5 Å². The Morgan fingerprint density at radius 1 is 1.38 bits per heavy atom. The van der Waals surface area contributed by atoms with Crippen molar-refractivity contribution in [2.24, 2.45) is 0 Å². The van der Waals surface area contributed by atoms with E-state index in [1.807, 2.05) is 24.0 Å². The zero-order valence-corrected chi connectivity index (χ0v) is 19.8. The normalized spacial score (nSPS) is 17.5. The molecule has 158 valence electrons. The first-order valence-corrected chi connectivity index (χ1v) is 11.7. The molecule has 3 rings (SSSR count). The van der Waals surface area contributed by atoms with Gasteiger partial charge in [0.2, 0.25) is 0 Å². The molecule has 0 bridgehead atoms. The van der Waals surface area contributed by atoms with Crippen molar-refractivity contribution in [1.29, 1.82) is 0 Å². The minimum absolute atomic E-state index is 0.00411. The Kier molecular flexibility index (Phi) is 9.05. The number of hydrogen-bond acceptors (Lipinski definition) is 3. The topological polar surface area (TPSA) is 32.3 Å². The van der Waals surface area contributed by atoms with E-state index < -0.39 is 0 Å². The van der Waals surface area contributed by atoms with Crippen molar-refractivity contribution in [2.45, 2.75) is 45.4 Å². The van der Waals surface area contributed by atoms with Crippen LogP contribution in [-0.2, 0) is 5.41 Å². The third-order valence-corrected chi connectivity index (χ3v) is 6.86. The van der Waals surface area contributed by atoms with Crippen LogP contribution < -0.4 is 10.2 Å². The average molecular weight is 481 g/mol. The molecule has 0 spiro atoms. The van der Waals surface area contributed by atoms with Crippen LogP contribution in [0, 0.1) is 5.82 Å². The van der Waals surface area contributed by atoms with Crippen LogP contribution in [-0.4, -0.2) is 25.5 Å². The molecule has 1 unspecified atom stereocenters. The summed E-state index contributed by atoms with van der Waals surface area (Å²) in [6.45, 7) is 12.0. The number of carbonyl (C=O) groups excluding carboxylic acids is 1. The Bertz CT molecular complexity index is 838. The van der Waals surface area contributed by atoms with Crippen LogP contribution in [0.25, 0.3) is 0 Å². The monoisotopic (exact) mass is 480 g/mol. The Morgan fingerprint density at radius 2 is 2.10 bits per heavy atom. The maximum atomic E-state index is 14.0. The second kappa shape index (κ2) is 11.0. The summed E-state index contributed by atoms with van der Waals surface area (Å²) in [6.07, 6.45) is 4.57. The van der Waals surface area contributed by atoms with Gasteiger partial charge in [0.1, 0.15) is 5.82 Å². The molecule has 0 aliphatic carbocycles. The minimum Gasteiger partial charge on any atom is -0.317 e. The molecule has 0 saturated carbocycles. The lowest BCUT2D eigenvalue weighted by atomic mass is 9.76. The van der Waals surface area contributed by atoms with Gasteiger partial charge in [-0.15, -0.1) is 17.9 Å². The van der Waals surface area contributed by atoms with Crippen molar-refractivity contribution in [3.05, 3.63) is 63.0 Å². The van der Waals surface area contributed by atoms with Crippen LogP contribution in [0.4, 0.5) is 10.1 Å². The SMILES string of the molecule is C=CC.CCNCCCC1(CC)CN(C(=O)c2ccc(Br)s2)c2ccc(F)cc21. The number of nitrogens with zero attached hydrogens (tertiary/aromatic N) is 1. The van der Waals surface area contributed by atoms with Gasteiger partial charge in [-0.25, -0.2) is 4.39 Å². The van der Waals surface area contributed by atoms with Gasteiger partial charge in [0.15, 0.2) is 0 Å². The van der Waals surface area contributed by atoms with Crippen molar-refractivity contribution in [3.8, 4) is 0 Å². The quantitative estimate of drug-likeness (QED) is 0.360. The number of halogens is 2. The third-order valence-electron chi connectivity index (χ3n) is 5.25. The molecule has 0 radical (unpaired) electrons. The molecular formula is C23H30BrFN2OS. The van der Waals surface area contributed by atoms with E-state index in [-0.39, 0.29) is 17.1 Å². The van der Waals surface area contributed by atoms with Gasteiger partial charge in [-0.2, -0.15) is 0 Å². The predicted octanol–water partition coefficient (Wildman–Crippen LogP) is 6.54. The number of allylic oxidation sites excluding steroid dienone is 1. The van der Waals surface area contributed by atoms with E-state index in [1.54, 1.807) is 18.2 Å². The molecule has 0 fully saturated rings. The molecule has 1 aromatic carbocycles. The molecule has 0 saturated heterocycles. The molecule has 1 amide bonds. The molecule has 2 heterocycles. The molecule has 1 aliphatic rings. The van der Waals surface area contributed by atoms with Crippen LogP contribution in [0.3, 0.4) is 0 Å². The van der Waals surface area contributed by atoms with Gasteiger partial charge < -0.3 is 10.2 Å². The van der Waals surface area contributed by atoms with Crippen LogP contribution in [0.2, 0.25) is 0 Å². The molecule has 1 aromatic heterocycles. The lowest BCUT2D eigenvalue weighted by Gasteiger charge is -2.29. The lowest BCUT2D eigenvalue weighted by Crippen LogP contribution is -2.37. The standard InChI is InChI=1S/C20H24BrFN2OS.C3H6/c1-3-20(10-5-11-23-4-2)13-24(16-7-6-14(22)12-15(16)20)19(25)17-8-9-18(21)26-17;1-3-2/h6-9,12,23H,3-5,10-11,13H2,1-2H3;3H,1H2,2H3. The molecule has 1 N–H and O–H groups in total. The van der Waals surface area contributed by atoms with E-state index in [0.29, 0.717) is 11.4 Å². The number of anilines is 1. The molecule has 6 heteroatoms. The van der Waals surface area contributed by atoms with Crippen molar-refractivity contribution in [1.82, 2.24) is 5.32 Å². The lowest BCUT2D eigenvalue weighted by molar-refractivity contribution is 0.0988. The summed E-state index contributed by atoms with van der Waals surface area (Å²) in [5.41, 5.74) is 1.64. The van der Waals surface area contributed by atoms with E-state index in [1.165, 1.54) is 17.4 Å². The number of thiophene rings is 1. The molecule has 1 atom stereocenters. The number of rotatable bonds is 7. The van der Waals surface area contributed by atoms with E-state index in [0.717, 1.165) is 47.4 Å². The fraction of sp³-hybridized carbons (Fsp3) is 0.435. The maximum absolute atomic E-state index is 14.0. The Labute approximate surface area is 186 Å². The number of carbonyl (C=O) groups is 1. The van der Waals surface area contributed by atoms with Gasteiger partial charge in [-0.1, -0.05) is 19.9 Å². The number of benzene rings is 1. The summed E-state index contributed by atoms with van der Waals surface area (Å²) in [5, 5.41) is 3.35. The summed E-state index contributed by atoms with van der Waals surface area (Å²) < 4.78 is 15.0. The van der Waals surface area contributed by atoms with Crippen LogP contribution >= 0.6 is 27.3 Å². The summed E-state index contributed by atoms with van der Waals surface area (Å²) in [6, 6.07) is 8.57. The van der Waals surface area contributed by atoms with Gasteiger partial charge in [-0.05, 0) is 91.1 Å². The van der Waals surface area contributed by atoms with Gasteiger partial charge in [0, 0.05) is 17.6 Å². The highest BCUT2D eigenvalue weighted by atomic mass is 79.9. The highest BCUT2D eigenvalue weighted by Gasteiger charge is 2.43. The predicted molar refractivity (Wildman–Crippen MR) is 126 cm³/mol. The molecule has 3 nitrogen and oxygen atoms in total. The second-order valence-electron chi connectivity index (χ2n) is 7.16. The molecule has 29 heavy (non-hydrogen) atoms. The van der Waals surface area contributed by atoms with Crippen LogP contribution in [0.15, 0.2) is 46.8 Å². The zero-order chi connectivity index (χ0) is 21.4. The fourth-order valence-corrected chi connectivity index (χ4v) is 5.14. The zero-order valence-electron chi connectivity index (χ0n) is 17.4. The van der Waals surface area contributed by atoms with E-state index in [9.17, 15) is 9.18 Å². The average Bonchev–Trinajstić information content (AvgIpc) is 3.27. The Hall–Kier alpha value is -1.50. The van der Waals surface area contributed by atoms with Gasteiger partial charge in [-0.3, -0.25) is 4.79 Å². The first kappa shape index (κ1) is 23.8. The second-order valence-corrected chi connectivity index (χ2v) is 9.62. The van der Waals surface area contributed by atoms with Crippen LogP contribution in [0.5, 0.6) is 0 Å². The Morgan fingerprint density at radius 3 is 2.69 bits per heavy atom. The highest BCUT2D eigenvalue weighted by molar-refractivity contribution is 9.11. The van der Waals surface area contributed by atoms with Crippen molar-refractivity contribution >= 4 is 38.9 Å². The summed E-state index contributed by atoms with van der Waals surface area (Å²) >= 11 is 4.86. The van der Waals surface area contributed by atoms with Gasteiger partial charge in [0.25, 0.3) is 5.91 Å². The molecule has 2 aromatic rings. The van der Waals surface area contributed by atoms with Crippen molar-refractivity contribution in [3.63, 3.8) is 0 Å². The first-order valence-electron chi connectivity index (χ1n) is 10.1. The molecule has 1 aliphatic heterocycles. The minimum atomic E-state index is -0.235. The smallest absolute Gasteiger partial charge is 0.268 e. The van der Waals surface area contributed by atoms with Crippen LogP contribution in [0.1, 0.15) is 55.3 Å². The van der Waals surface area contributed by atoms with Gasteiger partial charge >= 0.3 is 0 Å². The maximum Gasteiger partial charge on any atom is 0.268 e. The fourth-order valence-electron chi connectivity index (χ4n) is 3.81. The largest absolute Gasteiger partial charge is 0.317 e. The van der Waals surface area contributed by atoms with E-state index in [4.69, 9.17) is 0 Å². The third kappa shape index (κ3) is 5.56.